The summed E-state index contributed by atoms with van der Waals surface area (Å²) in [7, 11) is 0. The molecule has 18 rings (SSSR count). The molecule has 0 bridgehead atoms. The number of benzene rings is 3. The van der Waals surface area contributed by atoms with Crippen LogP contribution in [0.5, 0.6) is 0 Å². The minimum absolute atomic E-state index is 0.0551. The Morgan fingerprint density at radius 1 is 0.370 bits per heavy atom. The van der Waals surface area contributed by atoms with Gasteiger partial charge >= 0.3 is 35.8 Å². The first-order valence-electron chi connectivity index (χ1n) is 50.0. The molecular formula is C114H138N6O15. The molecule has 3 aromatic heterocycles. The fourth-order valence-corrected chi connectivity index (χ4v) is 27.8. The average molecular weight is 1830 g/mol. The third-order valence-electron chi connectivity index (χ3n) is 35.2. The second kappa shape index (κ2) is 41.4. The number of carbonyl (C=O) groups excluding carboxylic acids is 6. The highest BCUT2D eigenvalue weighted by Gasteiger charge is 2.61. The molecule has 0 saturated heterocycles. The molecule has 3 aromatic carbocycles. The molecule has 6 fully saturated rings. The molecule has 12 aliphatic rings. The Kier molecular flexibility index (Phi) is 29.7. The van der Waals surface area contributed by atoms with Gasteiger partial charge in [-0.15, -0.1) is 0 Å². The van der Waals surface area contributed by atoms with Gasteiger partial charge in [0.25, 0.3) is 0 Å². The lowest BCUT2D eigenvalue weighted by Gasteiger charge is -2.57. The second-order valence-electron chi connectivity index (χ2n) is 42.5. The molecule has 21 nitrogen and oxygen atoms in total. The van der Waals surface area contributed by atoms with Gasteiger partial charge in [-0.05, 0) is 290 Å². The van der Waals surface area contributed by atoms with E-state index >= 15 is 0 Å². The third-order valence-corrected chi connectivity index (χ3v) is 35.2. The number of allylic oxidation sites excluding steroid dienone is 9. The van der Waals surface area contributed by atoms with Crippen LogP contribution in [-0.2, 0) is 70.5 Å². The van der Waals surface area contributed by atoms with Gasteiger partial charge < -0.3 is 44.2 Å². The van der Waals surface area contributed by atoms with Gasteiger partial charge in [0, 0.05) is 95.2 Å². The maximum atomic E-state index is 13.1. The van der Waals surface area contributed by atoms with Crippen molar-refractivity contribution < 1.29 is 72.7 Å². The lowest BCUT2D eigenvalue weighted by atomic mass is 9.47. The Morgan fingerprint density at radius 3 is 1.09 bits per heavy atom. The van der Waals surface area contributed by atoms with E-state index in [2.05, 4.69) is 111 Å². The van der Waals surface area contributed by atoms with E-state index < -0.39 is 36.5 Å². The van der Waals surface area contributed by atoms with Crippen LogP contribution in [0, 0.1) is 85.8 Å². The van der Waals surface area contributed by atoms with Crippen LogP contribution >= 0.6 is 0 Å². The van der Waals surface area contributed by atoms with Crippen molar-refractivity contribution in [3.8, 4) is 0 Å². The number of esters is 3. The standard InChI is InChI=1S/3C38H46N2O5/c1-25(26-8-5-4-6-9-26)40(24-35(42)43)34(41)15-16-36(44)45-29-17-19-37(2)28(22-29)11-12-30-32-14-13-31(27-10-7-21-39-23-27)38(32,3)20-18-33(30)37;1-25(36(43)44)40(24-26-8-5-4-6-9-26)34(41)15-16-35(42)45-29-17-19-37(2)28(22-29)11-12-30-32-14-13-31(27-10-7-21-39-23-27)38(32,3)20-18-33(30)37;1-37-19-17-29(45-36(44)12-6-11-34(41)40(25-35(42)43)24-26-8-4-3-5-9-26)22-28(37)13-14-30-32-16-15-31(27-10-7-21-39-23-27)38(32,2)20-18-33(30)37/h4-11,13,21,23,25,29-30,32-33H,12,14-20,22,24H2,1-3H3,(H,42,43);4-11,13,21,23,25,29-30,32-33H,12,14-20,22,24H2,1-3H3,(H,43,44);3-5,7-10,13,15,21,23,29-30,32-33H,6,11-12,14,16-20,22,24-25H2,1-2H3,(H,42,43)/t25?,29-,30-,32-,33-,37-,38+;25-,29-,30-,32-,33-,37-,38+;29-,30-,32-,33-,37-,38+/m000/s1. The molecule has 6 aromatic rings. The fourth-order valence-electron chi connectivity index (χ4n) is 27.8. The van der Waals surface area contributed by atoms with E-state index in [0.717, 1.165) is 113 Å². The summed E-state index contributed by atoms with van der Waals surface area (Å²) in [6.45, 7) is 17.7. The van der Waals surface area contributed by atoms with Gasteiger partial charge in [0.15, 0.2) is 0 Å². The summed E-state index contributed by atoms with van der Waals surface area (Å²) < 4.78 is 17.8. The predicted molar refractivity (Wildman–Crippen MR) is 518 cm³/mol. The predicted octanol–water partition coefficient (Wildman–Crippen LogP) is 21.9. The molecule has 0 spiro atoms. The van der Waals surface area contributed by atoms with Gasteiger partial charge in [-0.25, -0.2) is 4.79 Å². The molecule has 3 amide bonds. The quantitative estimate of drug-likeness (QED) is 0.0234. The van der Waals surface area contributed by atoms with Crippen LogP contribution in [0.15, 0.2) is 218 Å². The van der Waals surface area contributed by atoms with E-state index in [9.17, 15) is 58.5 Å². The third kappa shape index (κ3) is 20.6. The summed E-state index contributed by atoms with van der Waals surface area (Å²) in [6.07, 6.45) is 48.1. The number of hydrogen-bond acceptors (Lipinski definition) is 15. The van der Waals surface area contributed by atoms with E-state index in [4.69, 9.17) is 14.2 Å². The van der Waals surface area contributed by atoms with Crippen molar-refractivity contribution in [2.75, 3.05) is 13.1 Å². The molecule has 12 aliphatic carbocycles. The first kappa shape index (κ1) is 96.9. The van der Waals surface area contributed by atoms with Crippen molar-refractivity contribution in [2.24, 2.45) is 85.8 Å². The first-order chi connectivity index (χ1) is 64.9. The number of fused-ring (bicyclic) bond motifs is 15. The number of hydrogen-bond donors (Lipinski definition) is 3. The van der Waals surface area contributed by atoms with E-state index in [1.165, 1.54) is 110 Å². The molecule has 0 radical (unpaired) electrons. The molecular weight excluding hydrogens is 1690 g/mol. The topological polar surface area (TPSA) is 290 Å². The molecule has 1 unspecified atom stereocenters. The molecule has 6 saturated carbocycles. The number of ether oxygens (including phenoxy) is 3. The van der Waals surface area contributed by atoms with Gasteiger partial charge in [0.05, 0.1) is 18.9 Å². The SMILES string of the molecule is CC(c1ccccc1)N(CC(=O)O)C(=O)CCC(=O)O[C@H]1CC[C@@]2(C)C(=CC[C@@H]3[C@@H]2CC[C@]2(C)C(c4cccnc4)=CC[C@@H]32)C1.C[C@@H](C(=O)O)N(Cc1ccccc1)C(=O)CCC(=O)O[C@H]1CC[C@@]2(C)C(=CC[C@@H]3[C@@H]2CC[C@]2(C)C(c4cccnc4)=CC[C@@H]32)C1.C[C@]12CC[C@H](OC(=O)CCCC(=O)N(CC(=O)O)Cc3ccccc3)CC1=CC[C@@H]1[C@@H]2CC[C@]2(C)C(c3cccnc3)=CC[C@@H]12. The highest BCUT2D eigenvalue weighted by Crippen LogP contribution is 2.70. The maximum Gasteiger partial charge on any atom is 0.326 e. The smallest absolute Gasteiger partial charge is 0.326 e. The van der Waals surface area contributed by atoms with Crippen LogP contribution in [0.3, 0.4) is 0 Å². The summed E-state index contributed by atoms with van der Waals surface area (Å²) in [5.74, 6) is 0.595. The molecule has 21 heteroatoms. The second-order valence-corrected chi connectivity index (χ2v) is 42.5. The molecule has 20 atom stereocenters. The van der Waals surface area contributed by atoms with Crippen molar-refractivity contribution in [3.05, 3.63) is 251 Å². The molecule has 3 heterocycles. The van der Waals surface area contributed by atoms with Crippen LogP contribution in [0.4, 0.5) is 0 Å². The minimum atomic E-state index is -1.08. The summed E-state index contributed by atoms with van der Waals surface area (Å²) in [5.41, 5.74) is 16.2. The van der Waals surface area contributed by atoms with Crippen molar-refractivity contribution in [3.63, 3.8) is 0 Å². The lowest BCUT2D eigenvalue weighted by molar-refractivity contribution is -0.155. The van der Waals surface area contributed by atoms with Crippen LogP contribution in [0.2, 0.25) is 0 Å². The Morgan fingerprint density at radius 2 is 0.726 bits per heavy atom. The molecule has 3 N–H and O–H groups in total. The monoisotopic (exact) mass is 1830 g/mol. The van der Waals surface area contributed by atoms with E-state index in [1.54, 1.807) is 0 Å². The van der Waals surface area contributed by atoms with Crippen molar-refractivity contribution >= 4 is 70.3 Å². The zero-order valence-corrected chi connectivity index (χ0v) is 80.2. The molecule has 135 heavy (non-hydrogen) atoms. The van der Waals surface area contributed by atoms with E-state index in [0.29, 0.717) is 59.7 Å². The minimum Gasteiger partial charge on any atom is -0.480 e. The largest absolute Gasteiger partial charge is 0.480 e. The van der Waals surface area contributed by atoms with Gasteiger partial charge in [-0.3, -0.25) is 53.3 Å². The number of carbonyl (C=O) groups is 9. The van der Waals surface area contributed by atoms with Crippen LogP contribution in [0.25, 0.3) is 16.7 Å². The zero-order chi connectivity index (χ0) is 95.1. The number of nitrogens with zero attached hydrogens (tertiary/aromatic N) is 6. The number of carboxylic acids is 3. The van der Waals surface area contributed by atoms with Crippen LogP contribution in [-0.4, -0.2) is 136 Å². The van der Waals surface area contributed by atoms with Gasteiger partial charge in [-0.1, -0.05) is 204 Å². The summed E-state index contributed by atoms with van der Waals surface area (Å²) in [5, 5.41) is 28.3. The summed E-state index contributed by atoms with van der Waals surface area (Å²) in [4.78, 5) is 130. The fraction of sp³-hybridized carbons (Fsp3) is 0.526. The summed E-state index contributed by atoms with van der Waals surface area (Å²) >= 11 is 0. The van der Waals surface area contributed by atoms with Gasteiger partial charge in [-0.2, -0.15) is 0 Å². The van der Waals surface area contributed by atoms with Gasteiger partial charge in [0.1, 0.15) is 37.4 Å². The number of carboxylic acid groups (broad SMARTS) is 3. The lowest BCUT2D eigenvalue weighted by Crippen LogP contribution is -2.50. The Bertz CT molecular complexity index is 5350. The van der Waals surface area contributed by atoms with E-state index in [-0.39, 0.29) is 145 Å². The number of amides is 3. The maximum absolute atomic E-state index is 13.1. The number of pyridine rings is 3. The summed E-state index contributed by atoms with van der Waals surface area (Å²) in [6, 6.07) is 39.3. The Hall–Kier alpha value is -11.2. The van der Waals surface area contributed by atoms with Crippen molar-refractivity contribution in [2.45, 2.75) is 279 Å². The molecule has 714 valence electrons. The molecule has 0 aliphatic heterocycles. The highest BCUT2D eigenvalue weighted by molar-refractivity contribution is 5.87. The Labute approximate surface area is 796 Å². The average Bonchev–Trinajstić information content (AvgIpc) is 1.27. The van der Waals surface area contributed by atoms with Crippen molar-refractivity contribution in [1.29, 1.82) is 0 Å². The number of aliphatic carboxylic acids is 3. The Balaban J connectivity index is 0.000000147. The highest BCUT2D eigenvalue weighted by atomic mass is 16.6. The first-order valence-corrected chi connectivity index (χ1v) is 50.0. The van der Waals surface area contributed by atoms with Crippen LogP contribution in [0.1, 0.15) is 275 Å². The van der Waals surface area contributed by atoms with Crippen LogP contribution < -0.4 is 0 Å². The van der Waals surface area contributed by atoms with Gasteiger partial charge in [0.2, 0.25) is 17.7 Å². The number of rotatable bonds is 28. The van der Waals surface area contributed by atoms with E-state index in [1.807, 2.05) is 153 Å². The van der Waals surface area contributed by atoms with Crippen molar-refractivity contribution in [1.82, 2.24) is 29.7 Å². The number of aromatic nitrogens is 3. The normalized spacial score (nSPS) is 30.7. The zero-order valence-electron chi connectivity index (χ0n) is 80.2.